The predicted octanol–water partition coefficient (Wildman–Crippen LogP) is 2.68. The third kappa shape index (κ3) is 4.11. The number of rotatable bonds is 5. The van der Waals surface area contributed by atoms with Crippen molar-refractivity contribution in [2.75, 3.05) is 26.7 Å². The SMILES string of the molecule is CNCCc1ccc(CN2CCCC(C)C2)cc1. The summed E-state index contributed by atoms with van der Waals surface area (Å²) in [6, 6.07) is 9.15. The number of hydrogen-bond acceptors (Lipinski definition) is 2. The topological polar surface area (TPSA) is 15.3 Å². The van der Waals surface area contributed by atoms with Gasteiger partial charge >= 0.3 is 0 Å². The standard InChI is InChI=1S/C16H26N2/c1-14-4-3-11-18(12-14)13-16-7-5-15(6-8-16)9-10-17-2/h5-8,14,17H,3-4,9-13H2,1-2H3. The molecule has 2 heteroatoms. The lowest BCUT2D eigenvalue weighted by Gasteiger charge is -2.30. The van der Waals surface area contributed by atoms with Crippen molar-refractivity contribution in [2.45, 2.75) is 32.7 Å². The molecule has 1 saturated heterocycles. The van der Waals surface area contributed by atoms with Gasteiger partial charge in [-0.3, -0.25) is 4.90 Å². The first-order valence-corrected chi connectivity index (χ1v) is 7.22. The Labute approximate surface area is 111 Å². The van der Waals surface area contributed by atoms with Crippen LogP contribution in [-0.2, 0) is 13.0 Å². The lowest BCUT2D eigenvalue weighted by atomic mass is 9.99. The first kappa shape index (κ1) is 13.6. The molecule has 1 N–H and O–H groups in total. The summed E-state index contributed by atoms with van der Waals surface area (Å²) >= 11 is 0. The van der Waals surface area contributed by atoms with E-state index in [0.29, 0.717) is 0 Å². The van der Waals surface area contributed by atoms with Crippen LogP contribution >= 0.6 is 0 Å². The molecule has 100 valence electrons. The fourth-order valence-electron chi connectivity index (χ4n) is 2.77. The monoisotopic (exact) mass is 246 g/mol. The van der Waals surface area contributed by atoms with Gasteiger partial charge in [0.25, 0.3) is 0 Å². The lowest BCUT2D eigenvalue weighted by Crippen LogP contribution is -2.33. The lowest BCUT2D eigenvalue weighted by molar-refractivity contribution is 0.176. The van der Waals surface area contributed by atoms with Crippen LogP contribution in [0.15, 0.2) is 24.3 Å². The van der Waals surface area contributed by atoms with E-state index in [-0.39, 0.29) is 0 Å². The fraction of sp³-hybridized carbons (Fsp3) is 0.625. The van der Waals surface area contributed by atoms with Crippen LogP contribution in [0.4, 0.5) is 0 Å². The average molecular weight is 246 g/mol. The molecule has 0 saturated carbocycles. The summed E-state index contributed by atoms with van der Waals surface area (Å²) in [5.74, 6) is 0.869. The summed E-state index contributed by atoms with van der Waals surface area (Å²) in [6.45, 7) is 7.08. The molecule has 1 aromatic carbocycles. The minimum atomic E-state index is 0.869. The van der Waals surface area contributed by atoms with Gasteiger partial charge in [0.15, 0.2) is 0 Å². The summed E-state index contributed by atoms with van der Waals surface area (Å²) in [5, 5.41) is 3.19. The molecule has 2 rings (SSSR count). The maximum absolute atomic E-state index is 3.19. The van der Waals surface area contributed by atoms with Crippen molar-refractivity contribution in [1.29, 1.82) is 0 Å². The zero-order valence-electron chi connectivity index (χ0n) is 11.8. The molecule has 18 heavy (non-hydrogen) atoms. The van der Waals surface area contributed by atoms with Gasteiger partial charge < -0.3 is 5.32 Å². The highest BCUT2D eigenvalue weighted by Crippen LogP contribution is 2.18. The van der Waals surface area contributed by atoms with Crippen molar-refractivity contribution < 1.29 is 0 Å². The highest BCUT2D eigenvalue weighted by Gasteiger charge is 2.15. The van der Waals surface area contributed by atoms with Gasteiger partial charge in [0.1, 0.15) is 0 Å². The highest BCUT2D eigenvalue weighted by molar-refractivity contribution is 5.22. The van der Waals surface area contributed by atoms with Gasteiger partial charge in [-0.1, -0.05) is 31.2 Å². The van der Waals surface area contributed by atoms with Gasteiger partial charge in [0.05, 0.1) is 0 Å². The Bertz CT molecular complexity index is 345. The molecular formula is C16H26N2. The van der Waals surface area contributed by atoms with Crippen molar-refractivity contribution in [1.82, 2.24) is 10.2 Å². The second kappa shape index (κ2) is 6.91. The van der Waals surface area contributed by atoms with Crippen molar-refractivity contribution in [3.05, 3.63) is 35.4 Å². The van der Waals surface area contributed by atoms with Gasteiger partial charge in [-0.05, 0) is 56.4 Å². The minimum Gasteiger partial charge on any atom is -0.319 e. The Balaban J connectivity index is 1.85. The van der Waals surface area contributed by atoms with Gasteiger partial charge in [-0.2, -0.15) is 0 Å². The molecule has 0 radical (unpaired) electrons. The van der Waals surface area contributed by atoms with Gasteiger partial charge in [-0.15, -0.1) is 0 Å². The van der Waals surface area contributed by atoms with Crippen molar-refractivity contribution in [2.24, 2.45) is 5.92 Å². The van der Waals surface area contributed by atoms with Crippen LogP contribution < -0.4 is 5.32 Å². The summed E-state index contributed by atoms with van der Waals surface area (Å²) in [6.07, 6.45) is 3.89. The summed E-state index contributed by atoms with van der Waals surface area (Å²) in [4.78, 5) is 2.59. The number of likely N-dealkylation sites (N-methyl/N-ethyl adjacent to an activating group) is 1. The zero-order chi connectivity index (χ0) is 12.8. The molecule has 0 aliphatic carbocycles. The van der Waals surface area contributed by atoms with Crippen LogP contribution in [0.25, 0.3) is 0 Å². The summed E-state index contributed by atoms with van der Waals surface area (Å²) in [7, 11) is 2.01. The van der Waals surface area contributed by atoms with E-state index in [4.69, 9.17) is 0 Å². The minimum absolute atomic E-state index is 0.869. The number of piperidine rings is 1. The Morgan fingerprint density at radius 1 is 1.22 bits per heavy atom. The Hall–Kier alpha value is -0.860. The molecule has 0 amide bonds. The summed E-state index contributed by atoms with van der Waals surface area (Å²) < 4.78 is 0. The Morgan fingerprint density at radius 2 is 1.94 bits per heavy atom. The van der Waals surface area contributed by atoms with Gasteiger partial charge in [0, 0.05) is 13.1 Å². The van der Waals surface area contributed by atoms with Crippen LogP contribution in [0.1, 0.15) is 30.9 Å². The number of likely N-dealkylation sites (tertiary alicyclic amines) is 1. The summed E-state index contributed by atoms with van der Waals surface area (Å²) in [5.41, 5.74) is 2.89. The van der Waals surface area contributed by atoms with Crippen LogP contribution in [0.3, 0.4) is 0 Å². The van der Waals surface area contributed by atoms with E-state index in [1.807, 2.05) is 7.05 Å². The third-order valence-electron chi connectivity index (χ3n) is 3.83. The van der Waals surface area contributed by atoms with Crippen LogP contribution in [0.2, 0.25) is 0 Å². The highest BCUT2D eigenvalue weighted by atomic mass is 15.1. The molecule has 1 aliphatic heterocycles. The van der Waals surface area contributed by atoms with E-state index in [2.05, 4.69) is 41.4 Å². The zero-order valence-corrected chi connectivity index (χ0v) is 11.8. The maximum atomic E-state index is 3.19. The van der Waals surface area contributed by atoms with Crippen molar-refractivity contribution >= 4 is 0 Å². The maximum Gasteiger partial charge on any atom is 0.0233 e. The third-order valence-corrected chi connectivity index (χ3v) is 3.83. The van der Waals surface area contributed by atoms with Crippen LogP contribution in [0, 0.1) is 5.92 Å². The Morgan fingerprint density at radius 3 is 2.61 bits per heavy atom. The van der Waals surface area contributed by atoms with Crippen molar-refractivity contribution in [3.63, 3.8) is 0 Å². The number of nitrogens with zero attached hydrogens (tertiary/aromatic N) is 1. The molecule has 0 bridgehead atoms. The molecule has 1 atom stereocenters. The molecule has 1 aromatic rings. The molecule has 0 spiro atoms. The molecular weight excluding hydrogens is 220 g/mol. The second-order valence-electron chi connectivity index (χ2n) is 5.65. The van der Waals surface area contributed by atoms with Gasteiger partial charge in [-0.25, -0.2) is 0 Å². The Kier molecular flexibility index (Phi) is 5.21. The number of hydrogen-bond donors (Lipinski definition) is 1. The van der Waals surface area contributed by atoms with E-state index in [1.54, 1.807) is 0 Å². The van der Waals surface area contributed by atoms with Crippen LogP contribution in [0.5, 0.6) is 0 Å². The normalized spacial score (nSPS) is 21.1. The smallest absolute Gasteiger partial charge is 0.0233 e. The van der Waals surface area contributed by atoms with E-state index >= 15 is 0 Å². The predicted molar refractivity (Wildman–Crippen MR) is 77.7 cm³/mol. The second-order valence-corrected chi connectivity index (χ2v) is 5.65. The molecule has 1 unspecified atom stereocenters. The van der Waals surface area contributed by atoms with E-state index in [1.165, 1.54) is 37.1 Å². The van der Waals surface area contributed by atoms with E-state index in [0.717, 1.165) is 25.4 Å². The van der Waals surface area contributed by atoms with Gasteiger partial charge in [0.2, 0.25) is 0 Å². The molecule has 1 fully saturated rings. The first-order chi connectivity index (χ1) is 8.78. The first-order valence-electron chi connectivity index (χ1n) is 7.22. The molecule has 2 nitrogen and oxygen atoms in total. The molecule has 0 aromatic heterocycles. The van der Waals surface area contributed by atoms with Crippen LogP contribution in [-0.4, -0.2) is 31.6 Å². The average Bonchev–Trinajstić information content (AvgIpc) is 2.38. The van der Waals surface area contributed by atoms with Crippen molar-refractivity contribution in [3.8, 4) is 0 Å². The molecule has 1 aliphatic rings. The van der Waals surface area contributed by atoms with E-state index < -0.39 is 0 Å². The van der Waals surface area contributed by atoms with E-state index in [9.17, 15) is 0 Å². The fourth-order valence-corrected chi connectivity index (χ4v) is 2.77. The molecule has 1 heterocycles. The number of nitrogens with one attached hydrogen (secondary N) is 1. The number of benzene rings is 1. The largest absolute Gasteiger partial charge is 0.319 e. The quantitative estimate of drug-likeness (QED) is 0.859.